The van der Waals surface area contributed by atoms with Crippen molar-refractivity contribution < 1.29 is 14.3 Å². The van der Waals surface area contributed by atoms with E-state index in [1.807, 2.05) is 36.4 Å². The van der Waals surface area contributed by atoms with Crippen molar-refractivity contribution in [3.05, 3.63) is 60.3 Å². The molecule has 1 heterocycles. The van der Waals surface area contributed by atoms with E-state index < -0.39 is 0 Å². The highest BCUT2D eigenvalue weighted by atomic mass is 16.5. The van der Waals surface area contributed by atoms with Crippen molar-refractivity contribution in [3.8, 4) is 11.5 Å². The molecule has 0 fully saturated rings. The van der Waals surface area contributed by atoms with Crippen molar-refractivity contribution in [2.24, 2.45) is 0 Å². The van der Waals surface area contributed by atoms with Crippen molar-refractivity contribution in [2.75, 3.05) is 19.5 Å². The molecule has 1 amide bonds. The van der Waals surface area contributed by atoms with E-state index in [-0.39, 0.29) is 12.3 Å². The number of nitrogens with one attached hydrogen (secondary N) is 1. The number of benzene rings is 2. The molecule has 3 rings (SSSR count). The predicted molar refractivity (Wildman–Crippen MR) is 93.6 cm³/mol. The molecule has 122 valence electrons. The first-order valence-electron chi connectivity index (χ1n) is 7.55. The van der Waals surface area contributed by atoms with E-state index in [0.717, 1.165) is 22.2 Å². The molecule has 0 atom stereocenters. The zero-order valence-corrected chi connectivity index (χ0v) is 13.6. The minimum absolute atomic E-state index is 0.121. The van der Waals surface area contributed by atoms with Crippen LogP contribution in [0.4, 0.5) is 5.69 Å². The van der Waals surface area contributed by atoms with Gasteiger partial charge in [0.1, 0.15) is 11.5 Å². The zero-order valence-electron chi connectivity index (χ0n) is 13.6. The number of fused-ring (bicyclic) bond motifs is 1. The molecule has 0 unspecified atom stereocenters. The molecule has 5 nitrogen and oxygen atoms in total. The SMILES string of the molecule is COc1ccc(OC)c(CC(=O)Nc2ccc3ncccc3c2)c1. The summed E-state index contributed by atoms with van der Waals surface area (Å²) in [5.41, 5.74) is 2.41. The molecule has 5 heteroatoms. The maximum atomic E-state index is 12.4. The minimum Gasteiger partial charge on any atom is -0.497 e. The van der Waals surface area contributed by atoms with Gasteiger partial charge in [-0.25, -0.2) is 0 Å². The van der Waals surface area contributed by atoms with E-state index >= 15 is 0 Å². The van der Waals surface area contributed by atoms with Crippen LogP contribution >= 0.6 is 0 Å². The summed E-state index contributed by atoms with van der Waals surface area (Å²) in [4.78, 5) is 16.6. The molecule has 0 aliphatic heterocycles. The van der Waals surface area contributed by atoms with Gasteiger partial charge in [-0.15, -0.1) is 0 Å². The fourth-order valence-corrected chi connectivity index (χ4v) is 2.55. The van der Waals surface area contributed by atoms with Gasteiger partial charge >= 0.3 is 0 Å². The number of aromatic nitrogens is 1. The quantitative estimate of drug-likeness (QED) is 0.782. The van der Waals surface area contributed by atoms with Gasteiger partial charge < -0.3 is 14.8 Å². The van der Waals surface area contributed by atoms with Crippen molar-refractivity contribution in [2.45, 2.75) is 6.42 Å². The largest absolute Gasteiger partial charge is 0.497 e. The van der Waals surface area contributed by atoms with Gasteiger partial charge in [0, 0.05) is 22.8 Å². The Morgan fingerprint density at radius 3 is 2.75 bits per heavy atom. The molecular weight excluding hydrogens is 304 g/mol. The van der Waals surface area contributed by atoms with E-state index in [4.69, 9.17) is 9.47 Å². The lowest BCUT2D eigenvalue weighted by atomic mass is 10.1. The van der Waals surface area contributed by atoms with E-state index in [9.17, 15) is 4.79 Å². The zero-order chi connectivity index (χ0) is 16.9. The van der Waals surface area contributed by atoms with Crippen molar-refractivity contribution >= 4 is 22.5 Å². The standard InChI is InChI=1S/C19H18N2O3/c1-23-16-6-8-18(24-2)14(11-16)12-19(22)21-15-5-7-17-13(10-15)4-3-9-20-17/h3-11H,12H2,1-2H3,(H,21,22). The summed E-state index contributed by atoms with van der Waals surface area (Å²) in [6, 6.07) is 14.9. The number of nitrogens with zero attached hydrogens (tertiary/aromatic N) is 1. The molecular formula is C19H18N2O3. The summed E-state index contributed by atoms with van der Waals surface area (Å²) in [6.07, 6.45) is 1.95. The van der Waals surface area contributed by atoms with Gasteiger partial charge in [-0.2, -0.15) is 0 Å². The molecule has 2 aromatic carbocycles. The third kappa shape index (κ3) is 3.46. The Kier molecular flexibility index (Phi) is 4.61. The van der Waals surface area contributed by atoms with Crippen LogP contribution in [0, 0.1) is 0 Å². The first-order chi connectivity index (χ1) is 11.7. The second kappa shape index (κ2) is 7.00. The topological polar surface area (TPSA) is 60.5 Å². The Morgan fingerprint density at radius 2 is 1.96 bits per heavy atom. The number of pyridine rings is 1. The second-order valence-corrected chi connectivity index (χ2v) is 5.31. The minimum atomic E-state index is -0.121. The fourth-order valence-electron chi connectivity index (χ4n) is 2.55. The lowest BCUT2D eigenvalue weighted by Gasteiger charge is -2.11. The molecule has 0 aliphatic carbocycles. The molecule has 1 N–H and O–H groups in total. The van der Waals surface area contributed by atoms with Crippen molar-refractivity contribution in [1.29, 1.82) is 0 Å². The third-order valence-corrected chi connectivity index (χ3v) is 3.73. The van der Waals surface area contributed by atoms with Crippen LogP contribution in [-0.4, -0.2) is 25.1 Å². The molecule has 0 bridgehead atoms. The molecule has 0 saturated carbocycles. The van der Waals surface area contributed by atoms with Crippen LogP contribution in [0.3, 0.4) is 0 Å². The van der Waals surface area contributed by atoms with Crippen LogP contribution in [0.5, 0.6) is 11.5 Å². The van der Waals surface area contributed by atoms with Gasteiger partial charge in [0.05, 0.1) is 26.2 Å². The lowest BCUT2D eigenvalue weighted by Crippen LogP contribution is -2.15. The third-order valence-electron chi connectivity index (χ3n) is 3.73. The van der Waals surface area contributed by atoms with Crippen LogP contribution < -0.4 is 14.8 Å². The smallest absolute Gasteiger partial charge is 0.228 e. The average Bonchev–Trinajstić information content (AvgIpc) is 2.61. The maximum absolute atomic E-state index is 12.4. The first kappa shape index (κ1) is 15.8. The molecule has 0 radical (unpaired) electrons. The van der Waals surface area contributed by atoms with Gasteiger partial charge in [-0.05, 0) is 42.5 Å². The fraction of sp³-hybridized carbons (Fsp3) is 0.158. The van der Waals surface area contributed by atoms with E-state index in [0.29, 0.717) is 11.5 Å². The number of anilines is 1. The van der Waals surface area contributed by atoms with Gasteiger partial charge in [0.25, 0.3) is 0 Å². The highest BCUT2D eigenvalue weighted by Gasteiger charge is 2.11. The number of amides is 1. The monoisotopic (exact) mass is 322 g/mol. The maximum Gasteiger partial charge on any atom is 0.228 e. The highest BCUT2D eigenvalue weighted by Crippen LogP contribution is 2.25. The molecule has 0 saturated heterocycles. The average molecular weight is 322 g/mol. The summed E-state index contributed by atoms with van der Waals surface area (Å²) in [5, 5.41) is 3.89. The molecule has 0 spiro atoms. The second-order valence-electron chi connectivity index (χ2n) is 5.31. The summed E-state index contributed by atoms with van der Waals surface area (Å²) in [7, 11) is 3.17. The van der Waals surface area contributed by atoms with E-state index in [1.165, 1.54) is 0 Å². The summed E-state index contributed by atoms with van der Waals surface area (Å²) in [5.74, 6) is 1.23. The highest BCUT2D eigenvalue weighted by molar-refractivity contribution is 5.95. The van der Waals surface area contributed by atoms with Crippen molar-refractivity contribution in [3.63, 3.8) is 0 Å². The summed E-state index contributed by atoms with van der Waals surface area (Å²) < 4.78 is 10.5. The first-order valence-corrected chi connectivity index (χ1v) is 7.55. The Labute approximate surface area is 140 Å². The Morgan fingerprint density at radius 1 is 1.08 bits per heavy atom. The van der Waals surface area contributed by atoms with Gasteiger partial charge in [-0.3, -0.25) is 9.78 Å². The molecule has 1 aromatic heterocycles. The number of ether oxygens (including phenoxy) is 2. The summed E-state index contributed by atoms with van der Waals surface area (Å²) in [6.45, 7) is 0. The van der Waals surface area contributed by atoms with Crippen LogP contribution in [0.1, 0.15) is 5.56 Å². The summed E-state index contributed by atoms with van der Waals surface area (Å²) >= 11 is 0. The van der Waals surface area contributed by atoms with Crippen LogP contribution in [0.15, 0.2) is 54.7 Å². The Balaban J connectivity index is 1.77. The lowest BCUT2D eigenvalue weighted by molar-refractivity contribution is -0.115. The number of rotatable bonds is 5. The normalized spacial score (nSPS) is 10.4. The Bertz CT molecular complexity index is 877. The molecule has 0 aliphatic rings. The number of methoxy groups -OCH3 is 2. The molecule has 24 heavy (non-hydrogen) atoms. The van der Waals surface area contributed by atoms with Crippen LogP contribution in [-0.2, 0) is 11.2 Å². The number of hydrogen-bond donors (Lipinski definition) is 1. The predicted octanol–water partition coefficient (Wildman–Crippen LogP) is 3.43. The number of carbonyl (C=O) groups excluding carboxylic acids is 1. The molecule has 3 aromatic rings. The number of carbonyl (C=O) groups is 1. The van der Waals surface area contributed by atoms with E-state index in [1.54, 1.807) is 32.5 Å². The van der Waals surface area contributed by atoms with Crippen molar-refractivity contribution in [1.82, 2.24) is 4.98 Å². The van der Waals surface area contributed by atoms with Crippen LogP contribution in [0.25, 0.3) is 10.9 Å². The number of hydrogen-bond acceptors (Lipinski definition) is 4. The van der Waals surface area contributed by atoms with E-state index in [2.05, 4.69) is 10.3 Å². The van der Waals surface area contributed by atoms with Gasteiger partial charge in [0.2, 0.25) is 5.91 Å². The Hall–Kier alpha value is -3.08. The van der Waals surface area contributed by atoms with Gasteiger partial charge in [-0.1, -0.05) is 6.07 Å². The van der Waals surface area contributed by atoms with Crippen LogP contribution in [0.2, 0.25) is 0 Å². The van der Waals surface area contributed by atoms with Gasteiger partial charge in [0.15, 0.2) is 0 Å².